The van der Waals surface area contributed by atoms with E-state index in [0.717, 1.165) is 50.7 Å². The van der Waals surface area contributed by atoms with Crippen LogP contribution in [0.15, 0.2) is 47.5 Å². The number of benzene rings is 1. The number of aliphatic imine (C=N–C) groups is 1. The van der Waals surface area contributed by atoms with Crippen molar-refractivity contribution in [3.63, 3.8) is 0 Å². The molecule has 0 saturated carbocycles. The molecule has 3 rings (SSSR count). The number of ether oxygens (including phenoxy) is 1. The molecule has 1 aromatic carbocycles. The summed E-state index contributed by atoms with van der Waals surface area (Å²) in [6.45, 7) is 13.0. The molecule has 0 bridgehead atoms. The highest BCUT2D eigenvalue weighted by Crippen LogP contribution is 2.19. The minimum absolute atomic E-state index is 0.258. The Balaban J connectivity index is 1.69. The number of nitrogens with zero attached hydrogens (tertiary/aromatic N) is 3. The van der Waals surface area contributed by atoms with Gasteiger partial charge in [-0.15, -0.1) is 0 Å². The Bertz CT molecular complexity index is 764. The topological polar surface area (TPSA) is 69.2 Å². The summed E-state index contributed by atoms with van der Waals surface area (Å²) in [6, 6.07) is 10.2. The zero-order valence-corrected chi connectivity index (χ0v) is 19.3. The quantitative estimate of drug-likeness (QED) is 0.415. The zero-order chi connectivity index (χ0) is 22.3. The maximum atomic E-state index is 12.4. The molecule has 1 amide bonds. The van der Waals surface area contributed by atoms with Gasteiger partial charge < -0.3 is 20.3 Å². The summed E-state index contributed by atoms with van der Waals surface area (Å²) < 4.78 is 5.48. The van der Waals surface area contributed by atoms with Gasteiger partial charge in [-0.2, -0.15) is 0 Å². The predicted octanol–water partition coefficient (Wildman–Crippen LogP) is 3.16. The molecule has 2 aliphatic heterocycles. The predicted molar refractivity (Wildman–Crippen MR) is 125 cm³/mol. The number of alkyl carbamates (subject to hydrolysis) is 1. The Kier molecular flexibility index (Phi) is 7.96. The third-order valence-corrected chi connectivity index (χ3v) is 5.48. The molecule has 2 aliphatic rings. The molecule has 0 aliphatic carbocycles. The lowest BCUT2D eigenvalue weighted by Gasteiger charge is -2.26. The normalized spacial score (nSPS) is 20.7. The summed E-state index contributed by atoms with van der Waals surface area (Å²) in [7, 11) is 0. The maximum Gasteiger partial charge on any atom is 0.408 e. The molecule has 0 spiro atoms. The fourth-order valence-corrected chi connectivity index (χ4v) is 4.00. The first-order chi connectivity index (χ1) is 14.9. The zero-order valence-electron chi connectivity index (χ0n) is 19.3. The fraction of sp³-hybridized carbons (Fsp3) is 0.583. The lowest BCUT2D eigenvalue weighted by Crippen LogP contribution is -2.43. The van der Waals surface area contributed by atoms with E-state index in [1.807, 2.05) is 51.1 Å². The van der Waals surface area contributed by atoms with Crippen LogP contribution in [0.25, 0.3) is 0 Å². The van der Waals surface area contributed by atoms with Gasteiger partial charge >= 0.3 is 6.09 Å². The lowest BCUT2D eigenvalue weighted by atomic mass is 10.1. The van der Waals surface area contributed by atoms with E-state index < -0.39 is 11.7 Å². The van der Waals surface area contributed by atoms with Crippen LogP contribution in [0.5, 0.6) is 0 Å². The van der Waals surface area contributed by atoms with Crippen molar-refractivity contribution in [3.8, 4) is 0 Å². The molecule has 31 heavy (non-hydrogen) atoms. The summed E-state index contributed by atoms with van der Waals surface area (Å²) in [5.41, 5.74) is 0.466. The number of guanidine groups is 1. The van der Waals surface area contributed by atoms with Crippen molar-refractivity contribution in [2.24, 2.45) is 4.99 Å². The van der Waals surface area contributed by atoms with Gasteiger partial charge in [0.2, 0.25) is 0 Å². The Morgan fingerprint density at radius 3 is 2.58 bits per heavy atom. The van der Waals surface area contributed by atoms with Gasteiger partial charge in [0.05, 0.1) is 12.6 Å². The van der Waals surface area contributed by atoms with Gasteiger partial charge in [0, 0.05) is 38.8 Å². The number of likely N-dealkylation sites (tertiary alicyclic amines) is 1. The number of nitrogens with one attached hydrogen (secondary N) is 2. The standard InChI is InChI=1S/C24H37N5O2/c1-5-25-22(29-16-13-20(18-29)28-14-9-10-15-28)26-17-21(19-11-7-6-8-12-19)27-23(30)31-24(2,3)4/h6-12,20-21H,5,13-18H2,1-4H3,(H,25,26)(H,27,30). The number of amides is 1. The Morgan fingerprint density at radius 2 is 1.94 bits per heavy atom. The lowest BCUT2D eigenvalue weighted by molar-refractivity contribution is 0.0505. The first-order valence-corrected chi connectivity index (χ1v) is 11.3. The maximum absolute atomic E-state index is 12.4. The van der Waals surface area contributed by atoms with Gasteiger partial charge in [0.15, 0.2) is 5.96 Å². The van der Waals surface area contributed by atoms with Crippen LogP contribution in [0.3, 0.4) is 0 Å². The highest BCUT2D eigenvalue weighted by Gasteiger charge is 2.30. The molecule has 7 heteroatoms. The third-order valence-electron chi connectivity index (χ3n) is 5.48. The number of hydrogen-bond donors (Lipinski definition) is 2. The van der Waals surface area contributed by atoms with Gasteiger partial charge in [-0.3, -0.25) is 9.89 Å². The molecule has 2 heterocycles. The SMILES string of the molecule is CCNC(=NCC(NC(=O)OC(C)(C)C)c1ccccc1)N1CCC(N2CC=CC2)C1. The smallest absolute Gasteiger partial charge is 0.408 e. The average Bonchev–Trinajstić information content (AvgIpc) is 3.41. The first-order valence-electron chi connectivity index (χ1n) is 11.3. The molecule has 1 aromatic rings. The number of hydrogen-bond acceptors (Lipinski definition) is 4. The Morgan fingerprint density at radius 1 is 1.23 bits per heavy atom. The second-order valence-corrected chi connectivity index (χ2v) is 9.12. The molecule has 2 atom stereocenters. The summed E-state index contributed by atoms with van der Waals surface area (Å²) in [5, 5.41) is 6.43. The first kappa shape index (κ1) is 23.1. The Labute approximate surface area is 186 Å². The molecule has 2 unspecified atom stereocenters. The highest BCUT2D eigenvalue weighted by atomic mass is 16.6. The summed E-state index contributed by atoms with van der Waals surface area (Å²) in [5.74, 6) is 0.907. The van der Waals surface area contributed by atoms with Crippen molar-refractivity contribution in [2.45, 2.75) is 51.8 Å². The second kappa shape index (κ2) is 10.7. The van der Waals surface area contributed by atoms with E-state index in [0.29, 0.717) is 12.6 Å². The van der Waals surface area contributed by atoms with Crippen molar-refractivity contribution in [3.05, 3.63) is 48.0 Å². The van der Waals surface area contributed by atoms with Crippen LogP contribution in [-0.4, -0.2) is 72.8 Å². The van der Waals surface area contributed by atoms with E-state index in [2.05, 4.69) is 39.5 Å². The van der Waals surface area contributed by atoms with Gasteiger partial charge in [0.1, 0.15) is 5.60 Å². The molecule has 0 aromatic heterocycles. The van der Waals surface area contributed by atoms with E-state index in [1.165, 1.54) is 0 Å². The minimum Gasteiger partial charge on any atom is -0.444 e. The van der Waals surface area contributed by atoms with E-state index in [4.69, 9.17) is 9.73 Å². The molecular weight excluding hydrogens is 390 g/mol. The van der Waals surface area contributed by atoms with Crippen molar-refractivity contribution in [1.29, 1.82) is 0 Å². The molecule has 7 nitrogen and oxygen atoms in total. The van der Waals surface area contributed by atoms with E-state index in [1.54, 1.807) is 0 Å². The Hall–Kier alpha value is -2.54. The number of carbonyl (C=O) groups is 1. The average molecular weight is 428 g/mol. The van der Waals surface area contributed by atoms with E-state index in [-0.39, 0.29) is 6.04 Å². The van der Waals surface area contributed by atoms with Crippen molar-refractivity contribution >= 4 is 12.1 Å². The summed E-state index contributed by atoms with van der Waals surface area (Å²) in [6.07, 6.45) is 5.21. The van der Waals surface area contributed by atoms with Gasteiger partial charge in [-0.25, -0.2) is 4.79 Å². The number of rotatable bonds is 6. The van der Waals surface area contributed by atoms with Gasteiger partial charge in [0.25, 0.3) is 0 Å². The van der Waals surface area contributed by atoms with Crippen LogP contribution in [0, 0.1) is 0 Å². The third kappa shape index (κ3) is 6.99. The molecule has 2 N–H and O–H groups in total. The van der Waals surface area contributed by atoms with Crippen LogP contribution >= 0.6 is 0 Å². The number of carbonyl (C=O) groups excluding carboxylic acids is 1. The minimum atomic E-state index is -0.543. The highest BCUT2D eigenvalue weighted by molar-refractivity contribution is 5.80. The van der Waals surface area contributed by atoms with Crippen LogP contribution in [0.1, 0.15) is 45.7 Å². The molecule has 0 radical (unpaired) electrons. The van der Waals surface area contributed by atoms with E-state index >= 15 is 0 Å². The van der Waals surface area contributed by atoms with Crippen molar-refractivity contribution < 1.29 is 9.53 Å². The van der Waals surface area contributed by atoms with Gasteiger partial charge in [-0.1, -0.05) is 42.5 Å². The fourth-order valence-electron chi connectivity index (χ4n) is 4.00. The largest absolute Gasteiger partial charge is 0.444 e. The molecule has 1 fully saturated rings. The van der Waals surface area contributed by atoms with Crippen LogP contribution in [-0.2, 0) is 4.74 Å². The summed E-state index contributed by atoms with van der Waals surface area (Å²) >= 11 is 0. The van der Waals surface area contributed by atoms with Crippen LogP contribution in [0.2, 0.25) is 0 Å². The molecule has 1 saturated heterocycles. The summed E-state index contributed by atoms with van der Waals surface area (Å²) in [4.78, 5) is 22.2. The monoisotopic (exact) mass is 427 g/mol. The van der Waals surface area contributed by atoms with Crippen molar-refractivity contribution in [2.75, 3.05) is 39.3 Å². The van der Waals surface area contributed by atoms with Crippen molar-refractivity contribution in [1.82, 2.24) is 20.4 Å². The van der Waals surface area contributed by atoms with Crippen LogP contribution < -0.4 is 10.6 Å². The second-order valence-electron chi connectivity index (χ2n) is 9.12. The van der Waals surface area contributed by atoms with Crippen LogP contribution in [0.4, 0.5) is 4.79 Å². The molecular formula is C24H37N5O2. The van der Waals surface area contributed by atoms with E-state index in [9.17, 15) is 4.79 Å². The van der Waals surface area contributed by atoms with Gasteiger partial charge in [-0.05, 0) is 39.7 Å². The molecule has 170 valence electrons.